The highest BCUT2D eigenvalue weighted by molar-refractivity contribution is 5.73. The first-order valence-electron chi connectivity index (χ1n) is 7.22. The van der Waals surface area contributed by atoms with Crippen molar-refractivity contribution < 1.29 is 0 Å². The molecule has 0 heterocycles. The van der Waals surface area contributed by atoms with Gasteiger partial charge in [-0.3, -0.25) is 0 Å². The molecule has 0 fully saturated rings. The van der Waals surface area contributed by atoms with E-state index < -0.39 is 0 Å². The van der Waals surface area contributed by atoms with Gasteiger partial charge in [-0.1, -0.05) is 91.0 Å². The summed E-state index contributed by atoms with van der Waals surface area (Å²) in [4.78, 5) is 0. The van der Waals surface area contributed by atoms with Gasteiger partial charge in [0.1, 0.15) is 0 Å². The molecule has 0 atom stereocenters. The molecule has 0 aromatic heterocycles. The van der Waals surface area contributed by atoms with Crippen LogP contribution in [0.5, 0.6) is 0 Å². The van der Waals surface area contributed by atoms with Crippen molar-refractivity contribution in [3.05, 3.63) is 95.6 Å². The van der Waals surface area contributed by atoms with Crippen LogP contribution >= 0.6 is 0 Å². The number of hydrogen-bond donors (Lipinski definition) is 0. The first-order chi connectivity index (χ1) is 10.3. The summed E-state index contributed by atoms with van der Waals surface area (Å²) in [6.45, 7) is 2.15. The molecule has 21 heavy (non-hydrogen) atoms. The first-order valence-corrected chi connectivity index (χ1v) is 7.22. The fourth-order valence-corrected chi connectivity index (χ4v) is 2.43. The molecular weight excluding hydrogens is 252 g/mol. The largest absolute Gasteiger partial charge is 0.0622 e. The summed E-state index contributed by atoms with van der Waals surface area (Å²) < 4.78 is 0. The summed E-state index contributed by atoms with van der Waals surface area (Å²) in [6, 6.07) is 27.6. The topological polar surface area (TPSA) is 0 Å². The quantitative estimate of drug-likeness (QED) is 0.525. The molecule has 0 unspecified atom stereocenters. The standard InChI is InChI=1S/C21H18/c1-17-7-5-6-10-21(17)20-15-13-19(14-16-20)12-11-18-8-3-2-4-9-18/h2-16H,1H3/b12-11+. The monoisotopic (exact) mass is 270 g/mol. The minimum Gasteiger partial charge on any atom is -0.0622 e. The van der Waals surface area contributed by atoms with Crippen molar-refractivity contribution in [2.45, 2.75) is 6.92 Å². The lowest BCUT2D eigenvalue weighted by Crippen LogP contribution is -1.82. The van der Waals surface area contributed by atoms with Crippen molar-refractivity contribution >= 4 is 12.2 Å². The lowest BCUT2D eigenvalue weighted by Gasteiger charge is -2.05. The van der Waals surface area contributed by atoms with E-state index in [4.69, 9.17) is 0 Å². The van der Waals surface area contributed by atoms with E-state index in [9.17, 15) is 0 Å². The van der Waals surface area contributed by atoms with Crippen LogP contribution in [0, 0.1) is 6.92 Å². The van der Waals surface area contributed by atoms with Gasteiger partial charge in [0, 0.05) is 0 Å². The molecule has 0 bridgehead atoms. The van der Waals surface area contributed by atoms with Crippen molar-refractivity contribution in [1.82, 2.24) is 0 Å². The van der Waals surface area contributed by atoms with E-state index in [-0.39, 0.29) is 0 Å². The van der Waals surface area contributed by atoms with Crippen LogP contribution in [0.3, 0.4) is 0 Å². The Labute approximate surface area is 126 Å². The van der Waals surface area contributed by atoms with Crippen molar-refractivity contribution in [3.63, 3.8) is 0 Å². The van der Waals surface area contributed by atoms with E-state index in [1.54, 1.807) is 0 Å². The molecular formula is C21H18. The summed E-state index contributed by atoms with van der Waals surface area (Å²) >= 11 is 0. The van der Waals surface area contributed by atoms with Crippen LogP contribution in [-0.4, -0.2) is 0 Å². The van der Waals surface area contributed by atoms with Crippen molar-refractivity contribution in [1.29, 1.82) is 0 Å². The Morgan fingerprint density at radius 1 is 0.571 bits per heavy atom. The fourth-order valence-electron chi connectivity index (χ4n) is 2.43. The van der Waals surface area contributed by atoms with Crippen LogP contribution in [0.25, 0.3) is 23.3 Å². The second-order valence-electron chi connectivity index (χ2n) is 5.18. The molecule has 0 aliphatic rings. The molecule has 0 spiro atoms. The summed E-state index contributed by atoms with van der Waals surface area (Å²) in [5.74, 6) is 0. The lowest BCUT2D eigenvalue weighted by molar-refractivity contribution is 1.46. The first kappa shape index (κ1) is 13.4. The van der Waals surface area contributed by atoms with E-state index in [0.717, 1.165) is 0 Å². The van der Waals surface area contributed by atoms with Gasteiger partial charge in [-0.2, -0.15) is 0 Å². The molecule has 0 N–H and O–H groups in total. The van der Waals surface area contributed by atoms with E-state index >= 15 is 0 Å². The molecule has 3 aromatic rings. The third-order valence-corrected chi connectivity index (χ3v) is 3.63. The highest BCUT2D eigenvalue weighted by Gasteiger charge is 1.99. The molecule has 0 saturated heterocycles. The normalized spacial score (nSPS) is 10.9. The highest BCUT2D eigenvalue weighted by atomic mass is 14.0. The second-order valence-corrected chi connectivity index (χ2v) is 5.18. The maximum atomic E-state index is 2.19. The zero-order valence-electron chi connectivity index (χ0n) is 12.2. The number of hydrogen-bond acceptors (Lipinski definition) is 0. The predicted octanol–water partition coefficient (Wildman–Crippen LogP) is 5.83. The van der Waals surface area contributed by atoms with Gasteiger partial charge in [-0.05, 0) is 34.7 Å². The molecule has 3 aromatic carbocycles. The second kappa shape index (κ2) is 6.23. The molecule has 0 amide bonds. The van der Waals surface area contributed by atoms with Crippen molar-refractivity contribution in [3.8, 4) is 11.1 Å². The number of aryl methyl sites for hydroxylation is 1. The molecule has 0 heteroatoms. The van der Waals surface area contributed by atoms with Crippen molar-refractivity contribution in [2.75, 3.05) is 0 Å². The van der Waals surface area contributed by atoms with Crippen molar-refractivity contribution in [2.24, 2.45) is 0 Å². The third-order valence-electron chi connectivity index (χ3n) is 3.63. The maximum Gasteiger partial charge on any atom is -0.0155 e. The van der Waals surface area contributed by atoms with E-state index in [2.05, 4.69) is 91.9 Å². The van der Waals surface area contributed by atoms with E-state index in [1.165, 1.54) is 27.8 Å². The summed E-state index contributed by atoms with van der Waals surface area (Å²) in [5.41, 5.74) is 6.32. The molecule has 0 saturated carbocycles. The average molecular weight is 270 g/mol. The number of rotatable bonds is 3. The van der Waals surface area contributed by atoms with E-state index in [1.807, 2.05) is 6.07 Å². The molecule has 3 rings (SSSR count). The fraction of sp³-hybridized carbons (Fsp3) is 0.0476. The number of benzene rings is 3. The van der Waals surface area contributed by atoms with Crippen LogP contribution in [0.2, 0.25) is 0 Å². The van der Waals surface area contributed by atoms with E-state index in [0.29, 0.717) is 0 Å². The van der Waals surface area contributed by atoms with Gasteiger partial charge < -0.3 is 0 Å². The summed E-state index contributed by atoms with van der Waals surface area (Å²) in [6.07, 6.45) is 4.29. The Balaban J connectivity index is 1.82. The molecule has 0 aliphatic heterocycles. The zero-order valence-corrected chi connectivity index (χ0v) is 12.2. The SMILES string of the molecule is Cc1ccccc1-c1ccc(/C=C/c2ccccc2)cc1. The summed E-state index contributed by atoms with van der Waals surface area (Å²) in [7, 11) is 0. The lowest BCUT2D eigenvalue weighted by atomic mass is 9.99. The van der Waals surface area contributed by atoms with Gasteiger partial charge in [0.2, 0.25) is 0 Å². The van der Waals surface area contributed by atoms with Gasteiger partial charge in [0.15, 0.2) is 0 Å². The molecule has 102 valence electrons. The minimum absolute atomic E-state index is 1.22. The van der Waals surface area contributed by atoms with Crippen LogP contribution in [0.4, 0.5) is 0 Å². The van der Waals surface area contributed by atoms with Gasteiger partial charge in [0.05, 0.1) is 0 Å². The van der Waals surface area contributed by atoms with Crippen LogP contribution < -0.4 is 0 Å². The van der Waals surface area contributed by atoms with Crippen LogP contribution in [0.1, 0.15) is 16.7 Å². The van der Waals surface area contributed by atoms with Gasteiger partial charge in [0.25, 0.3) is 0 Å². The Kier molecular flexibility index (Phi) is 3.97. The average Bonchev–Trinajstić information content (AvgIpc) is 2.55. The highest BCUT2D eigenvalue weighted by Crippen LogP contribution is 2.23. The maximum absolute atomic E-state index is 2.19. The Bertz CT molecular complexity index is 735. The third kappa shape index (κ3) is 3.29. The Hall–Kier alpha value is -2.60. The summed E-state index contributed by atoms with van der Waals surface area (Å²) in [5, 5.41) is 0. The van der Waals surface area contributed by atoms with Gasteiger partial charge in [-0.25, -0.2) is 0 Å². The molecule has 0 aliphatic carbocycles. The Morgan fingerprint density at radius 3 is 1.81 bits per heavy atom. The van der Waals surface area contributed by atoms with Crippen LogP contribution in [0.15, 0.2) is 78.9 Å². The van der Waals surface area contributed by atoms with Crippen LogP contribution in [-0.2, 0) is 0 Å². The van der Waals surface area contributed by atoms with Gasteiger partial charge >= 0.3 is 0 Å². The molecule has 0 nitrogen and oxygen atoms in total. The smallest absolute Gasteiger partial charge is 0.0155 e. The Morgan fingerprint density at radius 2 is 1.14 bits per heavy atom. The predicted molar refractivity (Wildman–Crippen MR) is 92.0 cm³/mol. The van der Waals surface area contributed by atoms with Gasteiger partial charge in [-0.15, -0.1) is 0 Å². The zero-order chi connectivity index (χ0) is 14.5. The minimum atomic E-state index is 1.22. The molecule has 0 radical (unpaired) electrons.